The number of fused-ring (bicyclic) bond motifs is 1. The van der Waals surface area contributed by atoms with Crippen molar-refractivity contribution in [3.63, 3.8) is 0 Å². The van der Waals surface area contributed by atoms with Gasteiger partial charge in [0, 0.05) is 24.4 Å². The number of hydrogen-bond acceptors (Lipinski definition) is 4. The molecule has 2 aliphatic rings. The second kappa shape index (κ2) is 6.07. The molecule has 2 unspecified atom stereocenters. The molecule has 0 bridgehead atoms. The van der Waals surface area contributed by atoms with E-state index in [2.05, 4.69) is 12.2 Å². The van der Waals surface area contributed by atoms with Crippen LogP contribution in [0.1, 0.15) is 46.3 Å². The fourth-order valence-electron chi connectivity index (χ4n) is 3.13. The first-order chi connectivity index (χ1) is 10.1. The second-order valence-electron chi connectivity index (χ2n) is 6.29. The smallest absolute Gasteiger partial charge is 0.261 e. The van der Waals surface area contributed by atoms with E-state index in [0.717, 1.165) is 23.6 Å². The van der Waals surface area contributed by atoms with Gasteiger partial charge in [0.2, 0.25) is 0 Å². The molecule has 1 aliphatic carbocycles. The van der Waals surface area contributed by atoms with Crippen LogP contribution >= 0.6 is 11.3 Å². The summed E-state index contributed by atoms with van der Waals surface area (Å²) in [6.07, 6.45) is 5.25. The zero-order valence-corrected chi connectivity index (χ0v) is 13.3. The average Bonchev–Trinajstić information content (AvgIpc) is 3.10. The van der Waals surface area contributed by atoms with Gasteiger partial charge in [-0.25, -0.2) is 0 Å². The van der Waals surface area contributed by atoms with E-state index in [9.17, 15) is 9.90 Å². The maximum atomic E-state index is 12.3. The van der Waals surface area contributed by atoms with Gasteiger partial charge < -0.3 is 15.2 Å². The molecule has 2 N–H and O–H groups in total. The zero-order chi connectivity index (χ0) is 14.9. The van der Waals surface area contributed by atoms with Gasteiger partial charge >= 0.3 is 0 Å². The van der Waals surface area contributed by atoms with Crippen LogP contribution in [0.5, 0.6) is 0 Å². The Hall–Kier alpha value is -0.910. The van der Waals surface area contributed by atoms with Crippen molar-refractivity contribution < 1.29 is 14.6 Å². The Morgan fingerprint density at radius 3 is 3.19 bits per heavy atom. The van der Waals surface area contributed by atoms with E-state index in [-0.39, 0.29) is 12.5 Å². The zero-order valence-electron chi connectivity index (χ0n) is 12.5. The van der Waals surface area contributed by atoms with Gasteiger partial charge in [-0.2, -0.15) is 0 Å². The Balaban J connectivity index is 1.62. The van der Waals surface area contributed by atoms with Crippen LogP contribution in [0.15, 0.2) is 6.07 Å². The molecule has 5 heteroatoms. The van der Waals surface area contributed by atoms with Gasteiger partial charge in [0.05, 0.1) is 11.5 Å². The van der Waals surface area contributed by atoms with Crippen LogP contribution in [0, 0.1) is 5.92 Å². The van der Waals surface area contributed by atoms with Crippen LogP contribution in [-0.2, 0) is 17.6 Å². The summed E-state index contributed by atoms with van der Waals surface area (Å²) in [7, 11) is 0. The highest BCUT2D eigenvalue weighted by molar-refractivity contribution is 7.14. The fourth-order valence-corrected chi connectivity index (χ4v) is 4.25. The van der Waals surface area contributed by atoms with Gasteiger partial charge in [0.25, 0.3) is 5.91 Å². The molecule has 1 amide bonds. The fraction of sp³-hybridized carbons (Fsp3) is 0.688. The topological polar surface area (TPSA) is 58.6 Å². The van der Waals surface area contributed by atoms with E-state index in [1.165, 1.54) is 23.3 Å². The largest absolute Gasteiger partial charge is 0.386 e. The second-order valence-corrected chi connectivity index (χ2v) is 7.42. The summed E-state index contributed by atoms with van der Waals surface area (Å²) in [4.78, 5) is 14.4. The molecule has 0 saturated carbocycles. The van der Waals surface area contributed by atoms with Crippen molar-refractivity contribution in [2.24, 2.45) is 5.92 Å². The number of nitrogens with one attached hydrogen (secondary N) is 1. The molecule has 2 heterocycles. The molecule has 116 valence electrons. The van der Waals surface area contributed by atoms with Gasteiger partial charge in [-0.05, 0) is 36.8 Å². The van der Waals surface area contributed by atoms with E-state index in [1.807, 2.05) is 6.07 Å². The lowest BCUT2D eigenvalue weighted by Gasteiger charge is -2.20. The van der Waals surface area contributed by atoms with E-state index in [0.29, 0.717) is 19.6 Å². The highest BCUT2D eigenvalue weighted by atomic mass is 32.1. The predicted molar refractivity (Wildman–Crippen MR) is 82.8 cm³/mol. The lowest BCUT2D eigenvalue weighted by atomic mass is 9.87. The molecular formula is C16H23NO3S. The molecule has 0 spiro atoms. The SMILES string of the molecule is CCC1CCc2sc(C(=O)NCC3(O)CCOC3)cc2C1. The summed E-state index contributed by atoms with van der Waals surface area (Å²) >= 11 is 1.61. The van der Waals surface area contributed by atoms with Gasteiger partial charge in [-0.15, -0.1) is 11.3 Å². The summed E-state index contributed by atoms with van der Waals surface area (Å²) < 4.78 is 5.19. The van der Waals surface area contributed by atoms with Gasteiger partial charge in [0.1, 0.15) is 5.60 Å². The molecule has 1 fully saturated rings. The molecule has 0 radical (unpaired) electrons. The minimum Gasteiger partial charge on any atom is -0.386 e. The van der Waals surface area contributed by atoms with Crippen LogP contribution in [0.25, 0.3) is 0 Å². The molecule has 3 rings (SSSR count). The molecule has 1 aliphatic heterocycles. The van der Waals surface area contributed by atoms with Crippen LogP contribution < -0.4 is 5.32 Å². The standard InChI is InChI=1S/C16H23NO3S/c1-2-11-3-4-13-12(7-11)8-14(21-13)15(18)17-9-16(19)5-6-20-10-16/h8,11,19H,2-7,9-10H2,1H3,(H,17,18). The number of ether oxygens (including phenoxy) is 1. The van der Waals surface area contributed by atoms with Crippen LogP contribution in [-0.4, -0.2) is 36.4 Å². The van der Waals surface area contributed by atoms with Crippen molar-refractivity contribution in [1.82, 2.24) is 5.32 Å². The molecule has 21 heavy (non-hydrogen) atoms. The highest BCUT2D eigenvalue weighted by Gasteiger charge is 2.33. The van der Waals surface area contributed by atoms with E-state index in [1.54, 1.807) is 11.3 Å². The number of amides is 1. The van der Waals surface area contributed by atoms with Crippen molar-refractivity contribution in [3.05, 3.63) is 21.4 Å². The maximum absolute atomic E-state index is 12.3. The molecule has 1 saturated heterocycles. The molecule has 4 nitrogen and oxygen atoms in total. The summed E-state index contributed by atoms with van der Waals surface area (Å²) in [5.41, 5.74) is 0.464. The number of carbonyl (C=O) groups excluding carboxylic acids is 1. The Morgan fingerprint density at radius 1 is 1.62 bits per heavy atom. The van der Waals surface area contributed by atoms with Crippen molar-refractivity contribution in [1.29, 1.82) is 0 Å². The quantitative estimate of drug-likeness (QED) is 0.896. The third kappa shape index (κ3) is 3.30. The summed E-state index contributed by atoms with van der Waals surface area (Å²) in [5, 5.41) is 13.0. The Kier molecular flexibility index (Phi) is 4.33. The lowest BCUT2D eigenvalue weighted by Crippen LogP contribution is -2.43. The molecule has 1 aromatic rings. The third-order valence-corrected chi connectivity index (χ3v) is 5.88. The van der Waals surface area contributed by atoms with Crippen molar-refractivity contribution in [2.45, 2.75) is 44.6 Å². The number of hydrogen-bond donors (Lipinski definition) is 2. The Morgan fingerprint density at radius 2 is 2.48 bits per heavy atom. The lowest BCUT2D eigenvalue weighted by molar-refractivity contribution is 0.0265. The predicted octanol–water partition coefficient (Wildman–Crippen LogP) is 2.14. The minimum absolute atomic E-state index is 0.0669. The van der Waals surface area contributed by atoms with E-state index >= 15 is 0 Å². The van der Waals surface area contributed by atoms with Crippen LogP contribution in [0.4, 0.5) is 0 Å². The number of aliphatic hydroxyl groups is 1. The van der Waals surface area contributed by atoms with Gasteiger partial charge in [-0.3, -0.25) is 4.79 Å². The number of thiophene rings is 1. The molecule has 2 atom stereocenters. The number of rotatable bonds is 4. The van der Waals surface area contributed by atoms with E-state index < -0.39 is 5.60 Å². The first-order valence-electron chi connectivity index (χ1n) is 7.79. The van der Waals surface area contributed by atoms with Gasteiger partial charge in [-0.1, -0.05) is 13.3 Å². The number of carbonyl (C=O) groups is 1. The molecule has 1 aromatic heterocycles. The maximum Gasteiger partial charge on any atom is 0.261 e. The van der Waals surface area contributed by atoms with Crippen molar-refractivity contribution in [2.75, 3.05) is 19.8 Å². The summed E-state index contributed by atoms with van der Waals surface area (Å²) in [5.74, 6) is 0.696. The normalized spacial score (nSPS) is 28.4. The monoisotopic (exact) mass is 309 g/mol. The highest BCUT2D eigenvalue weighted by Crippen LogP contribution is 2.33. The summed E-state index contributed by atoms with van der Waals surface area (Å²) in [6.45, 7) is 3.39. The number of aryl methyl sites for hydroxylation is 1. The van der Waals surface area contributed by atoms with Gasteiger partial charge in [0.15, 0.2) is 0 Å². The molecular weight excluding hydrogens is 286 g/mol. The Bertz CT molecular complexity index is 520. The molecule has 0 aromatic carbocycles. The van der Waals surface area contributed by atoms with Crippen LogP contribution in [0.2, 0.25) is 0 Å². The average molecular weight is 309 g/mol. The van der Waals surface area contributed by atoms with Crippen LogP contribution in [0.3, 0.4) is 0 Å². The summed E-state index contributed by atoms with van der Waals surface area (Å²) in [6, 6.07) is 2.05. The first-order valence-corrected chi connectivity index (χ1v) is 8.61. The van der Waals surface area contributed by atoms with Crippen molar-refractivity contribution >= 4 is 17.2 Å². The first kappa shape index (κ1) is 15.0. The Labute approximate surface area is 129 Å². The van der Waals surface area contributed by atoms with E-state index in [4.69, 9.17) is 4.74 Å². The minimum atomic E-state index is -0.889. The third-order valence-electron chi connectivity index (χ3n) is 4.65. The van der Waals surface area contributed by atoms with Crippen molar-refractivity contribution in [3.8, 4) is 0 Å².